The van der Waals surface area contributed by atoms with Gasteiger partial charge in [0.2, 0.25) is 0 Å². The van der Waals surface area contributed by atoms with Gasteiger partial charge in [0.15, 0.2) is 0 Å². The Labute approximate surface area is 197 Å². The molecule has 0 bridgehead atoms. The number of aliphatic carboxylic acids is 1. The number of rotatable bonds is 4. The van der Waals surface area contributed by atoms with Crippen LogP contribution in [0.1, 0.15) is 22.9 Å². The number of hydrogen-bond donors (Lipinski definition) is 1. The molecule has 0 aliphatic heterocycles. The van der Waals surface area contributed by atoms with Gasteiger partial charge in [-0.2, -0.15) is 5.10 Å². The van der Waals surface area contributed by atoms with Crippen molar-refractivity contribution >= 4 is 40.1 Å². The zero-order valence-electron chi connectivity index (χ0n) is 13.7. The summed E-state index contributed by atoms with van der Waals surface area (Å²) >= 11 is 12.4. The number of aliphatic hydroxyl groups is 1. The van der Waals surface area contributed by atoms with Gasteiger partial charge in [-0.25, -0.2) is 0 Å². The second kappa shape index (κ2) is 8.50. The van der Waals surface area contributed by atoms with Gasteiger partial charge in [0.05, 0.1) is 23.7 Å². The number of carboxylic acid groups (broad SMARTS) is 1. The third-order valence-electron chi connectivity index (χ3n) is 3.87. The van der Waals surface area contributed by atoms with Crippen molar-refractivity contribution in [3.8, 4) is 0 Å². The fourth-order valence-corrected chi connectivity index (χ4v) is 3.13. The summed E-state index contributed by atoms with van der Waals surface area (Å²) in [7, 11) is 0. The zero-order chi connectivity index (χ0) is 17.4. The standard InChI is InChI=1S/C17H14Cl2N2O3.K/c1-9-11-6-5-10(16(22)17(23)24)7-15(11)21(20-9)8-12-13(18)3-2-4-14(12)19;/h2-7,16,22H,8H2,1H3,(H,23,24);/q;+1/p-1. The number of halogens is 2. The van der Waals surface area contributed by atoms with Crippen molar-refractivity contribution in [1.82, 2.24) is 9.78 Å². The Balaban J connectivity index is 0.00000225. The fraction of sp³-hybridized carbons (Fsp3) is 0.176. The summed E-state index contributed by atoms with van der Waals surface area (Å²) in [5.74, 6) is -1.55. The molecule has 0 radical (unpaired) electrons. The van der Waals surface area contributed by atoms with Crippen LogP contribution in [0.4, 0.5) is 0 Å². The number of aliphatic hydroxyl groups excluding tert-OH is 1. The first-order valence-corrected chi connectivity index (χ1v) is 7.93. The van der Waals surface area contributed by atoms with E-state index in [1.165, 1.54) is 0 Å². The minimum atomic E-state index is -1.69. The van der Waals surface area contributed by atoms with Crippen LogP contribution in [0.15, 0.2) is 36.4 Å². The molecule has 124 valence electrons. The van der Waals surface area contributed by atoms with Crippen molar-refractivity contribution in [1.29, 1.82) is 0 Å². The Bertz CT molecular complexity index is 923. The van der Waals surface area contributed by atoms with E-state index in [1.54, 1.807) is 41.1 Å². The zero-order valence-corrected chi connectivity index (χ0v) is 18.3. The van der Waals surface area contributed by atoms with Crippen LogP contribution >= 0.6 is 23.2 Å². The third kappa shape index (κ3) is 4.28. The maximum absolute atomic E-state index is 10.9. The first-order valence-electron chi connectivity index (χ1n) is 7.17. The minimum absolute atomic E-state index is 0. The summed E-state index contributed by atoms with van der Waals surface area (Å²) in [4.78, 5) is 10.9. The maximum Gasteiger partial charge on any atom is 1.00 e. The summed E-state index contributed by atoms with van der Waals surface area (Å²) in [6, 6.07) is 10.1. The average molecular weight is 403 g/mol. The van der Waals surface area contributed by atoms with Crippen LogP contribution in [0.25, 0.3) is 10.9 Å². The number of hydrogen-bond acceptors (Lipinski definition) is 4. The fourth-order valence-electron chi connectivity index (χ4n) is 2.62. The maximum atomic E-state index is 10.9. The Kier molecular flexibility index (Phi) is 7.09. The summed E-state index contributed by atoms with van der Waals surface area (Å²) in [5, 5.41) is 27.0. The first kappa shape index (κ1) is 20.9. The summed E-state index contributed by atoms with van der Waals surface area (Å²) in [6.45, 7) is 2.18. The van der Waals surface area contributed by atoms with Crippen molar-refractivity contribution in [2.75, 3.05) is 0 Å². The predicted molar refractivity (Wildman–Crippen MR) is 90.0 cm³/mol. The van der Waals surface area contributed by atoms with Gasteiger partial charge in [0.25, 0.3) is 0 Å². The Morgan fingerprint density at radius 2 is 1.92 bits per heavy atom. The number of fused-ring (bicyclic) bond motifs is 1. The van der Waals surface area contributed by atoms with Crippen LogP contribution in [0, 0.1) is 6.92 Å². The molecule has 0 aliphatic carbocycles. The molecule has 1 unspecified atom stereocenters. The number of carbonyl (C=O) groups excluding carboxylic acids is 1. The van der Waals surface area contributed by atoms with Gasteiger partial charge in [-0.3, -0.25) is 4.68 Å². The van der Waals surface area contributed by atoms with Gasteiger partial charge in [-0.15, -0.1) is 0 Å². The number of aromatic nitrogens is 2. The van der Waals surface area contributed by atoms with E-state index < -0.39 is 12.1 Å². The molecule has 25 heavy (non-hydrogen) atoms. The molecule has 0 aliphatic rings. The minimum Gasteiger partial charge on any atom is -0.547 e. The molecule has 3 rings (SSSR count). The molecule has 2 aromatic carbocycles. The molecule has 0 amide bonds. The van der Waals surface area contributed by atoms with Crippen LogP contribution < -0.4 is 56.5 Å². The van der Waals surface area contributed by atoms with E-state index in [-0.39, 0.29) is 56.9 Å². The van der Waals surface area contributed by atoms with E-state index >= 15 is 0 Å². The molecule has 0 saturated carbocycles. The molecule has 3 aromatic rings. The van der Waals surface area contributed by atoms with E-state index in [9.17, 15) is 15.0 Å². The van der Waals surface area contributed by atoms with Crippen molar-refractivity contribution in [2.45, 2.75) is 19.6 Å². The van der Waals surface area contributed by atoms with Crippen molar-refractivity contribution in [3.05, 3.63) is 63.3 Å². The van der Waals surface area contributed by atoms with Gasteiger partial charge < -0.3 is 15.0 Å². The number of aryl methyl sites for hydroxylation is 1. The summed E-state index contributed by atoms with van der Waals surface area (Å²) < 4.78 is 1.68. The van der Waals surface area contributed by atoms with Crippen LogP contribution in [0.3, 0.4) is 0 Å². The molecule has 0 fully saturated rings. The molecule has 5 nitrogen and oxygen atoms in total. The van der Waals surface area contributed by atoms with E-state index in [2.05, 4.69) is 5.10 Å². The van der Waals surface area contributed by atoms with Gasteiger partial charge in [0.1, 0.15) is 6.10 Å². The van der Waals surface area contributed by atoms with Crippen LogP contribution in [-0.2, 0) is 11.3 Å². The Hall–Kier alpha value is -0.444. The van der Waals surface area contributed by atoms with Crippen molar-refractivity contribution in [3.63, 3.8) is 0 Å². The number of carboxylic acids is 1. The van der Waals surface area contributed by atoms with Gasteiger partial charge in [-0.05, 0) is 30.7 Å². The predicted octanol–water partition coefficient (Wildman–Crippen LogP) is -0.513. The smallest absolute Gasteiger partial charge is 0.547 e. The monoisotopic (exact) mass is 402 g/mol. The Morgan fingerprint density at radius 1 is 1.28 bits per heavy atom. The molecule has 0 spiro atoms. The van der Waals surface area contributed by atoms with E-state index in [1.807, 2.05) is 6.92 Å². The van der Waals surface area contributed by atoms with E-state index in [0.717, 1.165) is 16.6 Å². The van der Waals surface area contributed by atoms with Crippen molar-refractivity contribution in [2.24, 2.45) is 0 Å². The molecule has 8 heteroatoms. The quantitative estimate of drug-likeness (QED) is 0.596. The van der Waals surface area contributed by atoms with Crippen LogP contribution in [0.5, 0.6) is 0 Å². The van der Waals surface area contributed by atoms with Gasteiger partial charge in [0, 0.05) is 21.0 Å². The molecular weight excluding hydrogens is 390 g/mol. The molecule has 1 heterocycles. The summed E-state index contributed by atoms with van der Waals surface area (Å²) in [6.07, 6.45) is -1.69. The van der Waals surface area contributed by atoms with Crippen LogP contribution in [-0.4, -0.2) is 20.9 Å². The van der Waals surface area contributed by atoms with Gasteiger partial charge >= 0.3 is 51.4 Å². The second-order valence-corrected chi connectivity index (χ2v) is 6.26. The average Bonchev–Trinajstić information content (AvgIpc) is 2.86. The first-order chi connectivity index (χ1) is 11.4. The van der Waals surface area contributed by atoms with Crippen molar-refractivity contribution < 1.29 is 66.4 Å². The number of benzene rings is 2. The molecule has 0 saturated heterocycles. The van der Waals surface area contributed by atoms with Crippen LogP contribution in [0.2, 0.25) is 10.0 Å². The SMILES string of the molecule is Cc1nn(Cc2c(Cl)cccc2Cl)c2cc(C(O)C(=O)[O-])ccc12.[K+]. The topological polar surface area (TPSA) is 78.2 Å². The summed E-state index contributed by atoms with van der Waals surface area (Å²) in [5.41, 5.74) is 2.41. The molecule has 1 aromatic heterocycles. The van der Waals surface area contributed by atoms with E-state index in [0.29, 0.717) is 22.1 Å². The van der Waals surface area contributed by atoms with E-state index in [4.69, 9.17) is 23.2 Å². The largest absolute Gasteiger partial charge is 1.00 e. The number of carbonyl (C=O) groups is 1. The molecular formula is C17H13Cl2KN2O3. The Morgan fingerprint density at radius 3 is 2.52 bits per heavy atom. The van der Waals surface area contributed by atoms with Gasteiger partial charge in [-0.1, -0.05) is 41.4 Å². The molecule has 1 N–H and O–H groups in total. The second-order valence-electron chi connectivity index (χ2n) is 5.44. The normalized spacial score (nSPS) is 12.0. The third-order valence-corrected chi connectivity index (χ3v) is 4.58. The molecule has 1 atom stereocenters. The number of nitrogens with zero attached hydrogens (tertiary/aromatic N) is 2.